The Hall–Kier alpha value is -2.63. The number of alkyl halides is 3. The molecular weight excluding hydrogens is 281 g/mol. The van der Waals surface area contributed by atoms with Crippen LogP contribution in [0.5, 0.6) is 0 Å². The lowest BCUT2D eigenvalue weighted by Gasteiger charge is -2.08. The van der Waals surface area contributed by atoms with E-state index in [-0.39, 0.29) is 0 Å². The molecule has 0 unspecified atom stereocenters. The Bertz CT molecular complexity index is 821. The second kappa shape index (κ2) is 4.73. The van der Waals surface area contributed by atoms with E-state index in [1.165, 1.54) is 12.3 Å². The highest BCUT2D eigenvalue weighted by atomic mass is 19.4. The topological polar surface area (TPSA) is 34.4 Å². The number of aldehydes is 1. The van der Waals surface area contributed by atoms with Gasteiger partial charge in [0.2, 0.25) is 0 Å². The minimum absolute atomic E-state index is 0.413. The van der Waals surface area contributed by atoms with Gasteiger partial charge in [-0.05, 0) is 24.3 Å². The predicted molar refractivity (Wildman–Crippen MR) is 71.0 cm³/mol. The summed E-state index contributed by atoms with van der Waals surface area (Å²) in [4.78, 5) is 14.8. The van der Waals surface area contributed by atoms with Crippen LogP contribution in [0.15, 0.2) is 48.8 Å². The standard InChI is InChI=1S/C15H9F3N2O/c16-15(17,18)12-3-1-2-11(7-12)13-8-19-14-6-10(9-21)4-5-20(13)14/h1-9H. The van der Waals surface area contributed by atoms with Crippen molar-refractivity contribution in [3.8, 4) is 11.3 Å². The second-order valence-electron chi connectivity index (χ2n) is 4.53. The van der Waals surface area contributed by atoms with Gasteiger partial charge in [-0.3, -0.25) is 9.20 Å². The van der Waals surface area contributed by atoms with Crippen LogP contribution in [0.1, 0.15) is 15.9 Å². The number of carbonyl (C=O) groups is 1. The first kappa shape index (κ1) is 13.4. The smallest absolute Gasteiger partial charge is 0.300 e. The SMILES string of the molecule is O=Cc1ccn2c(-c3cccc(C(F)(F)F)c3)cnc2c1. The summed E-state index contributed by atoms with van der Waals surface area (Å²) in [6.45, 7) is 0. The van der Waals surface area contributed by atoms with Crippen LogP contribution in [0.2, 0.25) is 0 Å². The number of hydrogen-bond acceptors (Lipinski definition) is 2. The van der Waals surface area contributed by atoms with Crippen LogP contribution in [-0.4, -0.2) is 15.7 Å². The Morgan fingerprint density at radius 2 is 1.95 bits per heavy atom. The second-order valence-corrected chi connectivity index (χ2v) is 4.53. The summed E-state index contributed by atoms with van der Waals surface area (Å²) in [5.41, 5.74) is 1.21. The highest BCUT2D eigenvalue weighted by Gasteiger charge is 2.30. The van der Waals surface area contributed by atoms with Crippen LogP contribution in [0.4, 0.5) is 13.2 Å². The number of fused-ring (bicyclic) bond motifs is 1. The first-order valence-electron chi connectivity index (χ1n) is 6.09. The normalized spacial score (nSPS) is 11.8. The Balaban J connectivity index is 2.15. The first-order chi connectivity index (χ1) is 9.99. The number of nitrogens with zero attached hydrogens (tertiary/aromatic N) is 2. The molecule has 2 heterocycles. The van der Waals surface area contributed by atoms with Gasteiger partial charge in [-0.1, -0.05) is 12.1 Å². The fraction of sp³-hybridized carbons (Fsp3) is 0.0667. The summed E-state index contributed by atoms with van der Waals surface area (Å²) >= 11 is 0. The molecule has 0 aliphatic heterocycles. The van der Waals surface area contributed by atoms with Gasteiger partial charge in [-0.15, -0.1) is 0 Å². The van der Waals surface area contributed by atoms with Gasteiger partial charge in [0.1, 0.15) is 11.9 Å². The molecule has 0 fully saturated rings. The zero-order valence-corrected chi connectivity index (χ0v) is 10.6. The van der Waals surface area contributed by atoms with Crippen molar-refractivity contribution in [3.05, 3.63) is 59.9 Å². The van der Waals surface area contributed by atoms with Gasteiger partial charge < -0.3 is 0 Å². The number of hydrogen-bond donors (Lipinski definition) is 0. The minimum atomic E-state index is -4.39. The molecule has 0 bridgehead atoms. The Morgan fingerprint density at radius 3 is 2.67 bits per heavy atom. The molecule has 0 saturated heterocycles. The molecule has 2 aromatic heterocycles. The van der Waals surface area contributed by atoms with Crippen molar-refractivity contribution in [2.45, 2.75) is 6.18 Å². The molecule has 0 radical (unpaired) electrons. The van der Waals surface area contributed by atoms with Crippen LogP contribution >= 0.6 is 0 Å². The number of halogens is 3. The van der Waals surface area contributed by atoms with Gasteiger partial charge in [0.05, 0.1) is 17.5 Å². The Morgan fingerprint density at radius 1 is 1.14 bits per heavy atom. The van der Waals surface area contributed by atoms with Crippen LogP contribution in [0, 0.1) is 0 Å². The lowest BCUT2D eigenvalue weighted by molar-refractivity contribution is -0.137. The summed E-state index contributed by atoms with van der Waals surface area (Å²) in [5.74, 6) is 0. The van der Waals surface area contributed by atoms with Crippen molar-refractivity contribution in [2.24, 2.45) is 0 Å². The highest BCUT2D eigenvalue weighted by Crippen LogP contribution is 2.32. The van der Waals surface area contributed by atoms with Gasteiger partial charge in [0.25, 0.3) is 0 Å². The largest absolute Gasteiger partial charge is 0.416 e. The van der Waals surface area contributed by atoms with Crippen molar-refractivity contribution in [2.75, 3.05) is 0 Å². The van der Waals surface area contributed by atoms with Crippen molar-refractivity contribution in [3.63, 3.8) is 0 Å². The fourth-order valence-corrected chi connectivity index (χ4v) is 2.14. The molecule has 0 N–H and O–H groups in total. The van der Waals surface area contributed by atoms with Crippen molar-refractivity contribution in [1.82, 2.24) is 9.38 Å². The van der Waals surface area contributed by atoms with Gasteiger partial charge in [0, 0.05) is 17.3 Å². The van der Waals surface area contributed by atoms with Crippen molar-refractivity contribution >= 4 is 11.9 Å². The lowest BCUT2D eigenvalue weighted by atomic mass is 10.1. The average molecular weight is 290 g/mol. The van der Waals surface area contributed by atoms with Crippen molar-refractivity contribution < 1.29 is 18.0 Å². The van der Waals surface area contributed by atoms with Crippen LogP contribution < -0.4 is 0 Å². The maximum Gasteiger partial charge on any atom is 0.416 e. The van der Waals surface area contributed by atoms with E-state index in [9.17, 15) is 18.0 Å². The number of imidazole rings is 1. The fourth-order valence-electron chi connectivity index (χ4n) is 2.14. The predicted octanol–water partition coefficient (Wildman–Crippen LogP) is 3.83. The number of pyridine rings is 1. The molecule has 0 saturated carbocycles. The maximum absolute atomic E-state index is 12.8. The molecule has 0 atom stereocenters. The van der Waals surface area contributed by atoms with E-state index >= 15 is 0 Å². The van der Waals surface area contributed by atoms with Crippen LogP contribution in [-0.2, 0) is 6.18 Å². The molecule has 1 aromatic carbocycles. The summed E-state index contributed by atoms with van der Waals surface area (Å²) in [5, 5.41) is 0. The van der Waals surface area contributed by atoms with Gasteiger partial charge >= 0.3 is 6.18 Å². The third-order valence-corrected chi connectivity index (χ3v) is 3.16. The monoisotopic (exact) mass is 290 g/mol. The van der Waals surface area contributed by atoms with Gasteiger partial charge in [-0.25, -0.2) is 4.98 Å². The number of carbonyl (C=O) groups excluding carboxylic acids is 1. The van der Waals surface area contributed by atoms with E-state index in [2.05, 4.69) is 4.98 Å². The van der Waals surface area contributed by atoms with Crippen molar-refractivity contribution in [1.29, 1.82) is 0 Å². The molecule has 0 aliphatic rings. The summed E-state index contributed by atoms with van der Waals surface area (Å²) in [6, 6.07) is 8.21. The Kier molecular flexibility index (Phi) is 3.01. The molecule has 21 heavy (non-hydrogen) atoms. The van der Waals surface area contributed by atoms with E-state index in [0.717, 1.165) is 12.1 Å². The maximum atomic E-state index is 12.8. The minimum Gasteiger partial charge on any atom is -0.300 e. The van der Waals surface area contributed by atoms with E-state index in [1.807, 2.05) is 0 Å². The van der Waals surface area contributed by atoms with E-state index < -0.39 is 11.7 Å². The zero-order valence-electron chi connectivity index (χ0n) is 10.6. The molecule has 3 nitrogen and oxygen atoms in total. The van der Waals surface area contributed by atoms with Gasteiger partial charge in [-0.2, -0.15) is 13.2 Å². The zero-order chi connectivity index (χ0) is 15.0. The van der Waals surface area contributed by atoms with E-state index in [1.54, 1.807) is 28.8 Å². The van der Waals surface area contributed by atoms with E-state index in [4.69, 9.17) is 0 Å². The highest BCUT2D eigenvalue weighted by molar-refractivity contribution is 5.77. The molecule has 6 heteroatoms. The molecule has 0 spiro atoms. The summed E-state index contributed by atoms with van der Waals surface area (Å²) in [6.07, 6.45) is -0.596. The average Bonchev–Trinajstić information content (AvgIpc) is 2.89. The number of aromatic nitrogens is 2. The van der Waals surface area contributed by atoms with Crippen LogP contribution in [0.3, 0.4) is 0 Å². The van der Waals surface area contributed by atoms with Crippen LogP contribution in [0.25, 0.3) is 16.9 Å². The first-order valence-corrected chi connectivity index (χ1v) is 6.09. The number of rotatable bonds is 2. The molecule has 0 amide bonds. The van der Waals surface area contributed by atoms with E-state index in [0.29, 0.717) is 28.8 Å². The lowest BCUT2D eigenvalue weighted by Crippen LogP contribution is -2.04. The quantitative estimate of drug-likeness (QED) is 0.672. The molecule has 0 aliphatic carbocycles. The third kappa shape index (κ3) is 2.40. The molecular formula is C15H9F3N2O. The molecule has 3 aromatic rings. The number of benzene rings is 1. The summed E-state index contributed by atoms with van der Waals surface area (Å²) in [7, 11) is 0. The third-order valence-electron chi connectivity index (χ3n) is 3.16. The molecule has 106 valence electrons. The van der Waals surface area contributed by atoms with Gasteiger partial charge in [0.15, 0.2) is 0 Å². The molecule has 3 rings (SSSR count). The Labute approximate surface area is 117 Å². The summed E-state index contributed by atoms with van der Waals surface area (Å²) < 4.78 is 39.9.